The molecule has 1 heterocycles. The molecule has 132 valence electrons. The van der Waals surface area contributed by atoms with Crippen LogP contribution in [0.1, 0.15) is 28.4 Å². The normalized spacial score (nSPS) is 17.4. The molecule has 5 heteroatoms. The number of carbonyl (C=O) groups excluding carboxylic acids is 1. The van der Waals surface area contributed by atoms with E-state index in [1.165, 1.54) is 11.1 Å². The Labute approximate surface area is 148 Å². The minimum atomic E-state index is -0.656. The Hall–Kier alpha value is -2.37. The molecule has 2 aromatic carbocycles. The van der Waals surface area contributed by atoms with Gasteiger partial charge in [0.2, 0.25) is 0 Å². The molecule has 3 rings (SSSR count). The molecule has 0 aromatic heterocycles. The smallest absolute Gasteiger partial charge is 0.255 e. The third kappa shape index (κ3) is 4.18. The zero-order chi connectivity index (χ0) is 17.6. The number of para-hydroxylation sites is 1. The van der Waals surface area contributed by atoms with Gasteiger partial charge >= 0.3 is 0 Å². The van der Waals surface area contributed by atoms with Crippen LogP contribution in [0.5, 0.6) is 5.75 Å². The van der Waals surface area contributed by atoms with Gasteiger partial charge in [0.1, 0.15) is 5.75 Å². The molecule has 3 N–H and O–H groups in total. The van der Waals surface area contributed by atoms with Gasteiger partial charge in [-0.3, -0.25) is 4.79 Å². The summed E-state index contributed by atoms with van der Waals surface area (Å²) in [7, 11) is 0. The van der Waals surface area contributed by atoms with Gasteiger partial charge in [-0.05, 0) is 36.6 Å². The van der Waals surface area contributed by atoms with E-state index in [1.54, 1.807) is 18.2 Å². The summed E-state index contributed by atoms with van der Waals surface area (Å²) in [5, 5.41) is 16.6. The van der Waals surface area contributed by atoms with E-state index in [2.05, 4.69) is 22.8 Å². The van der Waals surface area contributed by atoms with Gasteiger partial charge in [-0.25, -0.2) is 0 Å². The molecular weight excluding hydrogens is 316 g/mol. The molecule has 0 radical (unpaired) electrons. The number of amides is 1. The van der Waals surface area contributed by atoms with Gasteiger partial charge in [-0.1, -0.05) is 36.4 Å². The van der Waals surface area contributed by atoms with Crippen LogP contribution in [0.15, 0.2) is 48.5 Å². The largest absolute Gasteiger partial charge is 0.493 e. The van der Waals surface area contributed by atoms with Crippen molar-refractivity contribution in [2.45, 2.75) is 32.0 Å². The number of aliphatic hydroxyl groups is 1. The first-order chi connectivity index (χ1) is 12.2. The van der Waals surface area contributed by atoms with Crippen LogP contribution < -0.4 is 15.4 Å². The second kappa shape index (κ2) is 8.14. The molecule has 0 bridgehead atoms. The standard InChI is InChI=1S/C20H24N2O3/c1-2-25-19-10-6-5-9-16(19)20(24)22-13-18(23)17-11-14-7-3-4-8-15(14)12-21-17/h3-10,17-18,21,23H,2,11-13H2,1H3,(H,22,24)/t17-,18+/m0/s1. The number of ether oxygens (including phenoxy) is 1. The van der Waals surface area contributed by atoms with Crippen molar-refractivity contribution in [2.75, 3.05) is 13.2 Å². The first kappa shape index (κ1) is 17.5. The Morgan fingerprint density at radius 3 is 2.76 bits per heavy atom. The summed E-state index contributed by atoms with van der Waals surface area (Å²) >= 11 is 0. The minimum absolute atomic E-state index is 0.0719. The fourth-order valence-electron chi connectivity index (χ4n) is 3.12. The third-order valence-electron chi connectivity index (χ3n) is 4.48. The molecule has 0 unspecified atom stereocenters. The van der Waals surface area contributed by atoms with Crippen molar-refractivity contribution < 1.29 is 14.6 Å². The SMILES string of the molecule is CCOc1ccccc1C(=O)NC[C@@H](O)[C@@H]1Cc2ccccc2CN1. The fraction of sp³-hybridized carbons (Fsp3) is 0.350. The molecule has 0 spiro atoms. The molecule has 0 aliphatic carbocycles. The van der Waals surface area contributed by atoms with Crippen molar-refractivity contribution >= 4 is 5.91 Å². The number of aliphatic hydroxyl groups excluding tert-OH is 1. The number of hydrogen-bond acceptors (Lipinski definition) is 4. The molecule has 1 aliphatic rings. The molecule has 25 heavy (non-hydrogen) atoms. The van der Waals surface area contributed by atoms with Gasteiger partial charge in [0.05, 0.1) is 18.3 Å². The second-order valence-electron chi connectivity index (χ2n) is 6.17. The monoisotopic (exact) mass is 340 g/mol. The number of carbonyl (C=O) groups is 1. The summed E-state index contributed by atoms with van der Waals surface area (Å²) in [6.07, 6.45) is 0.0968. The number of benzene rings is 2. The average molecular weight is 340 g/mol. The average Bonchev–Trinajstić information content (AvgIpc) is 2.66. The van der Waals surface area contributed by atoms with E-state index < -0.39 is 6.10 Å². The molecule has 5 nitrogen and oxygen atoms in total. The van der Waals surface area contributed by atoms with Crippen LogP contribution in [0.4, 0.5) is 0 Å². The maximum atomic E-state index is 12.4. The maximum absolute atomic E-state index is 12.4. The van der Waals surface area contributed by atoms with Gasteiger partial charge in [0.25, 0.3) is 5.91 Å². The van der Waals surface area contributed by atoms with Gasteiger partial charge in [-0.2, -0.15) is 0 Å². The lowest BCUT2D eigenvalue weighted by molar-refractivity contribution is 0.0866. The highest BCUT2D eigenvalue weighted by atomic mass is 16.5. The van der Waals surface area contributed by atoms with Crippen molar-refractivity contribution in [3.8, 4) is 5.75 Å². The predicted molar refractivity (Wildman–Crippen MR) is 96.7 cm³/mol. The van der Waals surface area contributed by atoms with Crippen LogP contribution >= 0.6 is 0 Å². The minimum Gasteiger partial charge on any atom is -0.493 e. The first-order valence-electron chi connectivity index (χ1n) is 8.67. The summed E-state index contributed by atoms with van der Waals surface area (Å²) in [5.41, 5.74) is 3.00. The van der Waals surface area contributed by atoms with E-state index in [9.17, 15) is 9.90 Å². The molecule has 2 aromatic rings. The Balaban J connectivity index is 1.58. The molecule has 0 saturated heterocycles. The van der Waals surface area contributed by atoms with Gasteiger partial charge < -0.3 is 20.5 Å². The molecule has 1 aliphatic heterocycles. The Kier molecular flexibility index (Phi) is 5.68. The third-order valence-corrected chi connectivity index (χ3v) is 4.48. The molecule has 2 atom stereocenters. The Morgan fingerprint density at radius 2 is 1.96 bits per heavy atom. The van der Waals surface area contributed by atoms with Crippen LogP contribution in [0, 0.1) is 0 Å². The molecule has 1 amide bonds. The molecule has 0 saturated carbocycles. The van der Waals surface area contributed by atoms with Crippen molar-refractivity contribution in [1.82, 2.24) is 10.6 Å². The fourth-order valence-corrected chi connectivity index (χ4v) is 3.12. The van der Waals surface area contributed by atoms with Gasteiger partial charge in [0, 0.05) is 19.1 Å². The highest BCUT2D eigenvalue weighted by Crippen LogP contribution is 2.19. The highest BCUT2D eigenvalue weighted by Gasteiger charge is 2.25. The number of hydrogen-bond donors (Lipinski definition) is 3. The summed E-state index contributed by atoms with van der Waals surface area (Å²) < 4.78 is 5.48. The Bertz CT molecular complexity index is 732. The van der Waals surface area contributed by atoms with E-state index in [1.807, 2.05) is 25.1 Å². The zero-order valence-corrected chi connectivity index (χ0v) is 14.4. The van der Waals surface area contributed by atoms with Crippen molar-refractivity contribution in [1.29, 1.82) is 0 Å². The summed E-state index contributed by atoms with van der Waals surface area (Å²) in [5.74, 6) is 0.320. The van der Waals surface area contributed by atoms with E-state index in [4.69, 9.17) is 4.74 Å². The summed E-state index contributed by atoms with van der Waals surface area (Å²) in [6.45, 7) is 3.31. The van der Waals surface area contributed by atoms with Crippen molar-refractivity contribution in [3.63, 3.8) is 0 Å². The lowest BCUT2D eigenvalue weighted by Crippen LogP contribution is -2.49. The molecular formula is C20H24N2O3. The van der Waals surface area contributed by atoms with Crippen molar-refractivity contribution in [3.05, 3.63) is 65.2 Å². The highest BCUT2D eigenvalue weighted by molar-refractivity contribution is 5.96. The van der Waals surface area contributed by atoms with Gasteiger partial charge in [-0.15, -0.1) is 0 Å². The van der Waals surface area contributed by atoms with Crippen molar-refractivity contribution in [2.24, 2.45) is 0 Å². The van der Waals surface area contributed by atoms with Crippen LogP contribution in [0.2, 0.25) is 0 Å². The van der Waals surface area contributed by atoms with E-state index in [0.29, 0.717) is 17.9 Å². The topological polar surface area (TPSA) is 70.6 Å². The second-order valence-corrected chi connectivity index (χ2v) is 6.17. The zero-order valence-electron chi connectivity index (χ0n) is 14.4. The van der Waals surface area contributed by atoms with Crippen LogP contribution in [-0.4, -0.2) is 36.3 Å². The lowest BCUT2D eigenvalue weighted by atomic mass is 9.93. The first-order valence-corrected chi connectivity index (χ1v) is 8.67. The molecule has 0 fully saturated rings. The summed E-state index contributed by atoms with van der Waals surface area (Å²) in [6, 6.07) is 15.3. The number of nitrogens with one attached hydrogen (secondary N) is 2. The summed E-state index contributed by atoms with van der Waals surface area (Å²) in [4.78, 5) is 12.4. The van der Waals surface area contributed by atoms with Crippen LogP contribution in [-0.2, 0) is 13.0 Å². The predicted octanol–water partition coefficient (Wildman–Crippen LogP) is 1.89. The van der Waals surface area contributed by atoms with Crippen LogP contribution in [0.3, 0.4) is 0 Å². The number of fused-ring (bicyclic) bond motifs is 1. The van der Waals surface area contributed by atoms with E-state index in [-0.39, 0.29) is 18.5 Å². The van der Waals surface area contributed by atoms with E-state index >= 15 is 0 Å². The quantitative estimate of drug-likeness (QED) is 0.751. The maximum Gasteiger partial charge on any atom is 0.255 e. The lowest BCUT2D eigenvalue weighted by Gasteiger charge is -2.30. The van der Waals surface area contributed by atoms with E-state index in [0.717, 1.165) is 13.0 Å². The van der Waals surface area contributed by atoms with Gasteiger partial charge in [0.15, 0.2) is 0 Å². The number of rotatable bonds is 6. The Morgan fingerprint density at radius 1 is 1.24 bits per heavy atom. The van der Waals surface area contributed by atoms with Crippen LogP contribution in [0.25, 0.3) is 0 Å².